The average Bonchev–Trinajstić information content (AvgIpc) is 3.19. The Labute approximate surface area is 181 Å². The van der Waals surface area contributed by atoms with E-state index in [9.17, 15) is 4.39 Å². The third-order valence-corrected chi connectivity index (χ3v) is 5.87. The van der Waals surface area contributed by atoms with Gasteiger partial charge in [-0.05, 0) is 86.6 Å². The number of hydrogen-bond donors (Lipinski definition) is 0. The molecule has 5 heteroatoms. The van der Waals surface area contributed by atoms with Gasteiger partial charge in [0.25, 0.3) is 0 Å². The number of halogens is 1. The van der Waals surface area contributed by atoms with Crippen LogP contribution in [0, 0.1) is 5.82 Å². The van der Waals surface area contributed by atoms with Gasteiger partial charge in [0.15, 0.2) is 0 Å². The van der Waals surface area contributed by atoms with Crippen molar-refractivity contribution >= 4 is 11.0 Å². The number of hydrogen-bond acceptors (Lipinski definition) is 3. The van der Waals surface area contributed by atoms with Crippen molar-refractivity contribution < 1.29 is 9.13 Å². The third-order valence-electron chi connectivity index (χ3n) is 5.87. The molecule has 31 heavy (non-hydrogen) atoms. The Hall–Kier alpha value is -3.18. The molecule has 4 nitrogen and oxygen atoms in total. The Morgan fingerprint density at radius 2 is 1.48 bits per heavy atom. The Kier molecular flexibility index (Phi) is 5.67. The number of piperidine rings is 1. The summed E-state index contributed by atoms with van der Waals surface area (Å²) < 4.78 is 21.2. The molecule has 0 N–H and O–H groups in total. The van der Waals surface area contributed by atoms with E-state index in [1.165, 1.54) is 44.5 Å². The predicted molar refractivity (Wildman–Crippen MR) is 122 cm³/mol. The number of aromatic nitrogens is 2. The largest absolute Gasteiger partial charge is 0.457 e. The summed E-state index contributed by atoms with van der Waals surface area (Å²) in [7, 11) is 0. The lowest BCUT2D eigenvalue weighted by Gasteiger charge is -2.26. The number of nitrogens with zero attached hydrogens (tertiary/aromatic N) is 3. The summed E-state index contributed by atoms with van der Waals surface area (Å²) in [5, 5.41) is 0. The van der Waals surface area contributed by atoms with Crippen molar-refractivity contribution in [2.24, 2.45) is 0 Å². The van der Waals surface area contributed by atoms with Crippen LogP contribution in [0.25, 0.3) is 16.7 Å². The molecular formula is C26H26FN3O. The highest BCUT2D eigenvalue weighted by Gasteiger charge is 2.15. The number of para-hydroxylation sites is 2. The maximum Gasteiger partial charge on any atom is 0.127 e. The summed E-state index contributed by atoms with van der Waals surface area (Å²) in [6.45, 7) is 3.42. The van der Waals surface area contributed by atoms with Crippen LogP contribution in [0.1, 0.15) is 25.1 Å². The van der Waals surface area contributed by atoms with Crippen LogP contribution < -0.4 is 4.74 Å². The molecule has 0 spiro atoms. The van der Waals surface area contributed by atoms with Crippen molar-refractivity contribution in [2.45, 2.75) is 25.7 Å². The van der Waals surface area contributed by atoms with Crippen LogP contribution >= 0.6 is 0 Å². The monoisotopic (exact) mass is 415 g/mol. The van der Waals surface area contributed by atoms with Crippen molar-refractivity contribution in [3.05, 3.63) is 84.4 Å². The first-order chi connectivity index (χ1) is 15.3. The highest BCUT2D eigenvalue weighted by Crippen LogP contribution is 2.26. The quantitative estimate of drug-likeness (QED) is 0.388. The molecule has 1 aromatic heterocycles. The van der Waals surface area contributed by atoms with Gasteiger partial charge in [0.1, 0.15) is 23.1 Å². The number of rotatable bonds is 6. The van der Waals surface area contributed by atoms with Crippen molar-refractivity contribution in [3.8, 4) is 17.2 Å². The summed E-state index contributed by atoms with van der Waals surface area (Å²) in [6.07, 6.45) is 4.86. The Morgan fingerprint density at radius 1 is 0.806 bits per heavy atom. The normalized spacial score (nSPS) is 14.7. The molecule has 0 bridgehead atoms. The van der Waals surface area contributed by atoms with Gasteiger partial charge in [-0.3, -0.25) is 4.57 Å². The van der Waals surface area contributed by atoms with Crippen molar-refractivity contribution in [2.75, 3.05) is 19.6 Å². The van der Waals surface area contributed by atoms with E-state index in [0.29, 0.717) is 5.75 Å². The van der Waals surface area contributed by atoms with Crippen LogP contribution in [0.4, 0.5) is 4.39 Å². The lowest BCUT2D eigenvalue weighted by Crippen LogP contribution is -2.31. The van der Waals surface area contributed by atoms with Gasteiger partial charge in [-0.25, -0.2) is 9.37 Å². The summed E-state index contributed by atoms with van der Waals surface area (Å²) >= 11 is 0. The van der Waals surface area contributed by atoms with Gasteiger partial charge in [-0.15, -0.1) is 0 Å². The molecule has 4 aromatic rings. The van der Waals surface area contributed by atoms with E-state index in [1.54, 1.807) is 12.1 Å². The zero-order chi connectivity index (χ0) is 21.0. The lowest BCUT2D eigenvalue weighted by atomic mass is 10.1. The van der Waals surface area contributed by atoms with Crippen molar-refractivity contribution in [3.63, 3.8) is 0 Å². The minimum absolute atomic E-state index is 0.272. The molecule has 1 saturated heterocycles. The van der Waals surface area contributed by atoms with E-state index in [0.717, 1.165) is 41.3 Å². The number of imidazole rings is 1. The van der Waals surface area contributed by atoms with E-state index in [2.05, 4.69) is 39.8 Å². The predicted octanol–water partition coefficient (Wildman–Crippen LogP) is 5.99. The minimum atomic E-state index is -0.272. The van der Waals surface area contributed by atoms with E-state index in [4.69, 9.17) is 9.72 Å². The molecule has 0 unspecified atom stereocenters. The zero-order valence-corrected chi connectivity index (χ0v) is 17.5. The summed E-state index contributed by atoms with van der Waals surface area (Å²) in [5.74, 6) is 2.14. The van der Waals surface area contributed by atoms with Gasteiger partial charge in [0.05, 0.1) is 11.0 Å². The minimum Gasteiger partial charge on any atom is -0.457 e. The van der Waals surface area contributed by atoms with Crippen LogP contribution in [-0.4, -0.2) is 34.1 Å². The smallest absolute Gasteiger partial charge is 0.127 e. The molecule has 0 saturated carbocycles. The van der Waals surface area contributed by atoms with Gasteiger partial charge in [-0.2, -0.15) is 0 Å². The SMILES string of the molecule is Fc1ccc(Oc2ccc(-n3c(CCN4CCCCC4)nc4ccccc43)cc2)cc1. The zero-order valence-electron chi connectivity index (χ0n) is 17.5. The standard InChI is InChI=1S/C26H26FN3O/c27-20-8-12-22(13-9-20)31-23-14-10-21(11-15-23)30-25-7-3-2-6-24(25)28-26(30)16-19-29-17-4-1-5-18-29/h2-3,6-15H,1,4-5,16-19H2. The molecule has 3 aromatic carbocycles. The third kappa shape index (κ3) is 4.47. The fourth-order valence-electron chi connectivity index (χ4n) is 4.27. The number of ether oxygens (including phenoxy) is 1. The molecular weight excluding hydrogens is 389 g/mol. The second-order valence-electron chi connectivity index (χ2n) is 8.05. The van der Waals surface area contributed by atoms with Gasteiger partial charge in [0.2, 0.25) is 0 Å². The highest BCUT2D eigenvalue weighted by atomic mass is 19.1. The molecule has 0 amide bonds. The number of fused-ring (bicyclic) bond motifs is 1. The van der Waals surface area contributed by atoms with E-state index >= 15 is 0 Å². The summed E-state index contributed by atoms with van der Waals surface area (Å²) in [4.78, 5) is 7.49. The molecule has 1 aliphatic heterocycles. The van der Waals surface area contributed by atoms with E-state index < -0.39 is 0 Å². The van der Waals surface area contributed by atoms with Crippen LogP contribution in [0.15, 0.2) is 72.8 Å². The number of benzene rings is 3. The van der Waals surface area contributed by atoms with Crippen LogP contribution in [0.2, 0.25) is 0 Å². The Bertz CT molecular complexity index is 1150. The summed E-state index contributed by atoms with van der Waals surface area (Å²) in [5.41, 5.74) is 3.19. The molecule has 1 aliphatic rings. The molecule has 1 fully saturated rings. The van der Waals surface area contributed by atoms with Gasteiger partial charge < -0.3 is 9.64 Å². The van der Waals surface area contributed by atoms with Crippen molar-refractivity contribution in [1.82, 2.24) is 14.5 Å². The maximum absolute atomic E-state index is 13.1. The average molecular weight is 416 g/mol. The number of likely N-dealkylation sites (tertiary alicyclic amines) is 1. The first-order valence-electron chi connectivity index (χ1n) is 11.0. The summed E-state index contributed by atoms with van der Waals surface area (Å²) in [6, 6.07) is 22.3. The van der Waals surface area contributed by atoms with Gasteiger partial charge >= 0.3 is 0 Å². The molecule has 2 heterocycles. The van der Waals surface area contributed by atoms with Crippen LogP contribution in [0.5, 0.6) is 11.5 Å². The van der Waals surface area contributed by atoms with E-state index in [1.807, 2.05) is 18.2 Å². The molecule has 158 valence electrons. The van der Waals surface area contributed by atoms with Crippen molar-refractivity contribution in [1.29, 1.82) is 0 Å². The Balaban J connectivity index is 1.40. The first-order valence-corrected chi connectivity index (χ1v) is 11.0. The van der Waals surface area contributed by atoms with Crippen LogP contribution in [-0.2, 0) is 6.42 Å². The second-order valence-corrected chi connectivity index (χ2v) is 8.05. The van der Waals surface area contributed by atoms with Gasteiger partial charge in [0, 0.05) is 18.7 Å². The molecule has 5 rings (SSSR count). The Morgan fingerprint density at radius 3 is 2.23 bits per heavy atom. The maximum atomic E-state index is 13.1. The van der Waals surface area contributed by atoms with Gasteiger partial charge in [-0.1, -0.05) is 18.6 Å². The molecule has 0 atom stereocenters. The van der Waals surface area contributed by atoms with Crippen LogP contribution in [0.3, 0.4) is 0 Å². The second kappa shape index (κ2) is 8.90. The lowest BCUT2D eigenvalue weighted by molar-refractivity contribution is 0.230. The fourth-order valence-corrected chi connectivity index (χ4v) is 4.27. The highest BCUT2D eigenvalue weighted by molar-refractivity contribution is 5.78. The van der Waals surface area contributed by atoms with E-state index in [-0.39, 0.29) is 5.82 Å². The topological polar surface area (TPSA) is 30.3 Å². The fraction of sp³-hybridized carbons (Fsp3) is 0.269. The first kappa shape index (κ1) is 19.8. The molecule has 0 radical (unpaired) electrons. The molecule has 0 aliphatic carbocycles.